The van der Waals surface area contributed by atoms with Crippen LogP contribution in [0, 0.1) is 23.2 Å². The highest BCUT2D eigenvalue weighted by Crippen LogP contribution is 2.61. The van der Waals surface area contributed by atoms with Crippen molar-refractivity contribution in [2.24, 2.45) is 35.2 Å². The lowest BCUT2D eigenvalue weighted by molar-refractivity contribution is -0.108. The zero-order valence-corrected chi connectivity index (χ0v) is 26.5. The lowest BCUT2D eigenvalue weighted by Gasteiger charge is -2.61. The molecule has 10 heteroatoms. The predicted octanol–water partition coefficient (Wildman–Crippen LogP) is 5.95. The second kappa shape index (κ2) is 11.4. The molecule has 2 bridgehead atoms. The Labute approximate surface area is 257 Å². The van der Waals surface area contributed by atoms with Gasteiger partial charge in [-0.1, -0.05) is 44.0 Å². The van der Waals surface area contributed by atoms with E-state index in [2.05, 4.69) is 43.2 Å². The van der Waals surface area contributed by atoms with Crippen molar-refractivity contribution in [3.05, 3.63) is 62.6 Å². The van der Waals surface area contributed by atoms with Crippen LogP contribution in [0.15, 0.2) is 46.2 Å². The second-order valence-electron chi connectivity index (χ2n) is 12.9. The van der Waals surface area contributed by atoms with Crippen LogP contribution in [0.4, 0.5) is 5.69 Å². The maximum atomic E-state index is 13.2. The molecular formula is C32H40Cl2N6O2. The van der Waals surface area contributed by atoms with E-state index in [-0.39, 0.29) is 12.2 Å². The van der Waals surface area contributed by atoms with Crippen LogP contribution in [-0.2, 0) is 13.7 Å². The normalized spacial score (nSPS) is 27.1. The van der Waals surface area contributed by atoms with Gasteiger partial charge in [-0.15, -0.1) is 0 Å². The summed E-state index contributed by atoms with van der Waals surface area (Å²) in [4.78, 5) is 25.8. The number of piperazine rings is 1. The molecule has 2 N–H and O–H groups in total. The summed E-state index contributed by atoms with van der Waals surface area (Å²) < 4.78 is 7.43. The van der Waals surface area contributed by atoms with E-state index in [1.165, 1.54) is 11.0 Å². The summed E-state index contributed by atoms with van der Waals surface area (Å²) in [7, 11) is 1.70. The third kappa shape index (κ3) is 5.49. The van der Waals surface area contributed by atoms with Crippen molar-refractivity contribution >= 4 is 45.8 Å². The smallest absolute Gasteiger partial charge is 0.261 e. The molecule has 3 aromatic rings. The predicted molar refractivity (Wildman–Crippen MR) is 171 cm³/mol. The highest BCUT2D eigenvalue weighted by atomic mass is 35.5. The fraction of sp³-hybridized carbons (Fsp3) is 0.531. The summed E-state index contributed by atoms with van der Waals surface area (Å²) in [6.07, 6.45) is 2.46. The van der Waals surface area contributed by atoms with E-state index in [0.29, 0.717) is 55.9 Å². The van der Waals surface area contributed by atoms with Gasteiger partial charge in [0.15, 0.2) is 5.96 Å². The zero-order valence-electron chi connectivity index (χ0n) is 25.0. The van der Waals surface area contributed by atoms with E-state index < -0.39 is 0 Å². The van der Waals surface area contributed by atoms with Gasteiger partial charge in [-0.3, -0.25) is 9.36 Å². The molecule has 3 aliphatic carbocycles. The third-order valence-electron chi connectivity index (χ3n) is 9.95. The van der Waals surface area contributed by atoms with Gasteiger partial charge in [0.2, 0.25) is 0 Å². The van der Waals surface area contributed by atoms with E-state index in [1.807, 2.05) is 18.2 Å². The molecule has 42 heavy (non-hydrogen) atoms. The number of hydrogen-bond donors (Lipinski definition) is 2. The third-order valence-corrected chi connectivity index (χ3v) is 10.5. The van der Waals surface area contributed by atoms with Gasteiger partial charge in [-0.25, -0.2) is 9.98 Å². The number of aromatic nitrogens is 2. The molecule has 7 rings (SSSR count). The Morgan fingerprint density at radius 1 is 1.19 bits per heavy atom. The average Bonchev–Trinajstić information content (AvgIpc) is 2.95. The molecule has 0 spiro atoms. The van der Waals surface area contributed by atoms with Crippen LogP contribution in [-0.4, -0.2) is 52.1 Å². The summed E-state index contributed by atoms with van der Waals surface area (Å²) in [5.41, 5.74) is 1.75. The molecule has 4 aliphatic rings. The van der Waals surface area contributed by atoms with Gasteiger partial charge in [0.25, 0.3) is 5.56 Å². The van der Waals surface area contributed by atoms with Crippen LogP contribution in [0.3, 0.4) is 0 Å². The fourth-order valence-electron chi connectivity index (χ4n) is 7.16. The summed E-state index contributed by atoms with van der Waals surface area (Å²) in [5.74, 6) is 3.88. The molecule has 224 valence electrons. The van der Waals surface area contributed by atoms with Crippen molar-refractivity contribution in [2.45, 2.75) is 59.2 Å². The minimum absolute atomic E-state index is 0.0876. The minimum Gasteiger partial charge on any atom is -0.484 e. The molecule has 1 unspecified atom stereocenters. The number of halogens is 2. The van der Waals surface area contributed by atoms with Crippen LogP contribution in [0.1, 0.15) is 46.4 Å². The van der Waals surface area contributed by atoms with E-state index in [9.17, 15) is 4.79 Å². The largest absolute Gasteiger partial charge is 0.484 e. The van der Waals surface area contributed by atoms with Gasteiger partial charge in [0.1, 0.15) is 18.2 Å². The van der Waals surface area contributed by atoms with E-state index in [0.717, 1.165) is 49.5 Å². The van der Waals surface area contributed by atoms with Crippen LogP contribution in [0.25, 0.3) is 10.9 Å². The number of anilines is 1. The molecule has 0 radical (unpaired) electrons. The van der Waals surface area contributed by atoms with E-state index >= 15 is 0 Å². The first-order valence-electron chi connectivity index (χ1n) is 14.9. The Morgan fingerprint density at radius 3 is 2.71 bits per heavy atom. The van der Waals surface area contributed by atoms with Crippen molar-refractivity contribution in [3.63, 3.8) is 0 Å². The Balaban J connectivity index is 1.29. The number of nitrogens with one attached hydrogen (secondary N) is 2. The molecule has 2 aromatic carbocycles. The molecule has 4 fully saturated rings. The molecule has 5 atom stereocenters. The fourth-order valence-corrected chi connectivity index (χ4v) is 7.62. The van der Waals surface area contributed by atoms with Crippen molar-refractivity contribution in [1.29, 1.82) is 0 Å². The molecule has 1 aliphatic heterocycles. The van der Waals surface area contributed by atoms with E-state index in [4.69, 9.17) is 37.9 Å². The second-order valence-corrected chi connectivity index (χ2v) is 13.7. The molecule has 3 saturated carbocycles. The van der Waals surface area contributed by atoms with Crippen molar-refractivity contribution in [3.8, 4) is 5.75 Å². The Kier molecular flexibility index (Phi) is 7.92. The number of hydrogen-bond acceptors (Lipinski definition) is 5. The maximum absolute atomic E-state index is 13.2. The molecule has 2 heterocycles. The summed E-state index contributed by atoms with van der Waals surface area (Å²) in [5, 5.41) is 8.67. The summed E-state index contributed by atoms with van der Waals surface area (Å²) in [6.45, 7) is 12.2. The first kappa shape index (κ1) is 29.3. The first-order valence-corrected chi connectivity index (χ1v) is 15.7. The van der Waals surface area contributed by atoms with Gasteiger partial charge in [-0.05, 0) is 79.3 Å². The standard InChI is InChI=1S/C32H40Cl2N6O2/c1-18-16-40(11-10-35-18)31(38-26-13-20-12-24(19(26)2)32(20,3)4)36-22-7-8-23-27(15-22)37-29(39(5)30(23)41)17-42-28-9-6-21(33)14-25(28)34/h6-9,14-15,18-20,24,26,35H,10-13,16-17H2,1-5H3,(H,36,38)/t18-,19-,20+,24-,26?/m0/s1. The number of fused-ring (bicyclic) bond motifs is 3. The van der Waals surface area contributed by atoms with Gasteiger partial charge in [-0.2, -0.15) is 0 Å². The van der Waals surface area contributed by atoms with Crippen LogP contribution < -0.4 is 20.9 Å². The highest BCUT2D eigenvalue weighted by Gasteiger charge is 2.56. The highest BCUT2D eigenvalue weighted by molar-refractivity contribution is 6.35. The quantitative estimate of drug-likeness (QED) is 0.274. The average molecular weight is 612 g/mol. The molecule has 8 nitrogen and oxygen atoms in total. The molecule has 1 aromatic heterocycles. The number of ether oxygens (including phenoxy) is 1. The van der Waals surface area contributed by atoms with Crippen molar-refractivity contribution < 1.29 is 4.74 Å². The monoisotopic (exact) mass is 610 g/mol. The topological polar surface area (TPSA) is 83.8 Å². The SMILES string of the molecule is C[C@@H]1C(/N=C(/Nc2ccc3c(=O)n(C)c(COc4ccc(Cl)cc4Cl)nc3c2)N2CCN[C@@H](C)C2)C[C@H]2C[C@@H]1C2(C)C. The molecule has 0 amide bonds. The Hall–Kier alpha value is -2.81. The lowest BCUT2D eigenvalue weighted by Crippen LogP contribution is -2.57. The number of aliphatic imine (C=N–C) groups is 1. The van der Waals surface area contributed by atoms with Gasteiger partial charge in [0.05, 0.1) is 22.0 Å². The van der Waals surface area contributed by atoms with Crippen LogP contribution in [0.2, 0.25) is 10.0 Å². The maximum Gasteiger partial charge on any atom is 0.261 e. The molecular weight excluding hydrogens is 571 g/mol. The minimum atomic E-state index is -0.130. The Morgan fingerprint density at radius 2 is 2.00 bits per heavy atom. The van der Waals surface area contributed by atoms with Gasteiger partial charge < -0.3 is 20.3 Å². The van der Waals surface area contributed by atoms with Crippen LogP contribution in [0.5, 0.6) is 5.75 Å². The lowest BCUT2D eigenvalue weighted by atomic mass is 9.45. The zero-order chi connectivity index (χ0) is 29.8. The van der Waals surface area contributed by atoms with Crippen molar-refractivity contribution in [1.82, 2.24) is 19.8 Å². The van der Waals surface area contributed by atoms with E-state index in [1.54, 1.807) is 25.2 Å². The summed E-state index contributed by atoms with van der Waals surface area (Å²) >= 11 is 12.3. The number of rotatable bonds is 5. The first-order chi connectivity index (χ1) is 20.0. The number of guanidine groups is 1. The molecule has 1 saturated heterocycles. The van der Waals surface area contributed by atoms with Gasteiger partial charge >= 0.3 is 0 Å². The van der Waals surface area contributed by atoms with Crippen LogP contribution >= 0.6 is 23.2 Å². The van der Waals surface area contributed by atoms with Gasteiger partial charge in [0, 0.05) is 43.4 Å². The number of nitrogens with zero attached hydrogens (tertiary/aromatic N) is 4. The van der Waals surface area contributed by atoms with Crippen molar-refractivity contribution in [2.75, 3.05) is 25.0 Å². The number of benzene rings is 2. The Bertz CT molecular complexity index is 1590. The summed E-state index contributed by atoms with van der Waals surface area (Å²) in [6, 6.07) is 11.4.